The van der Waals surface area contributed by atoms with Crippen LogP contribution in [0.1, 0.15) is 48.7 Å². The number of hydrogen-bond acceptors (Lipinski definition) is 3. The first-order chi connectivity index (χ1) is 9.49. The predicted octanol–water partition coefficient (Wildman–Crippen LogP) is 2.14. The highest BCUT2D eigenvalue weighted by Crippen LogP contribution is 2.19. The number of pyridine rings is 1. The SMILES string of the molecule is CC(C)c1ccc(C(=O)N2CCC[C@@H](C(=O)O)C2)cn1. The van der Waals surface area contributed by atoms with Crippen LogP contribution >= 0.6 is 0 Å². The van der Waals surface area contributed by atoms with E-state index in [1.165, 1.54) is 0 Å². The second-order valence-electron chi connectivity index (χ2n) is 5.55. The second-order valence-corrected chi connectivity index (χ2v) is 5.55. The molecule has 1 aliphatic rings. The summed E-state index contributed by atoms with van der Waals surface area (Å²) in [5.74, 6) is -1.07. The Bertz CT molecular complexity index is 496. The minimum absolute atomic E-state index is 0.126. The molecule has 0 saturated carbocycles. The summed E-state index contributed by atoms with van der Waals surface area (Å²) < 4.78 is 0. The van der Waals surface area contributed by atoms with E-state index in [1.807, 2.05) is 19.9 Å². The third-order valence-electron chi connectivity index (χ3n) is 3.68. The number of carbonyl (C=O) groups excluding carboxylic acids is 1. The van der Waals surface area contributed by atoms with E-state index in [1.54, 1.807) is 17.2 Å². The third kappa shape index (κ3) is 3.15. The zero-order chi connectivity index (χ0) is 14.7. The average molecular weight is 276 g/mol. The van der Waals surface area contributed by atoms with Crippen molar-refractivity contribution in [2.45, 2.75) is 32.6 Å². The first-order valence-corrected chi connectivity index (χ1v) is 6.97. The Balaban J connectivity index is 2.08. The average Bonchev–Trinajstić information content (AvgIpc) is 2.46. The lowest BCUT2D eigenvalue weighted by Gasteiger charge is -2.30. The molecule has 5 heteroatoms. The number of carboxylic acid groups (broad SMARTS) is 1. The van der Waals surface area contributed by atoms with Crippen LogP contribution in [0, 0.1) is 5.92 Å². The van der Waals surface area contributed by atoms with Crippen LogP contribution in [-0.2, 0) is 4.79 Å². The minimum atomic E-state index is -0.823. The van der Waals surface area contributed by atoms with Crippen molar-refractivity contribution in [2.75, 3.05) is 13.1 Å². The van der Waals surface area contributed by atoms with Crippen molar-refractivity contribution < 1.29 is 14.7 Å². The van der Waals surface area contributed by atoms with Crippen LogP contribution in [0.15, 0.2) is 18.3 Å². The van der Waals surface area contributed by atoms with Gasteiger partial charge < -0.3 is 10.0 Å². The van der Waals surface area contributed by atoms with Gasteiger partial charge in [-0.3, -0.25) is 14.6 Å². The summed E-state index contributed by atoms with van der Waals surface area (Å²) in [5, 5.41) is 9.06. The largest absolute Gasteiger partial charge is 0.481 e. The molecule has 1 atom stereocenters. The molecular formula is C15H20N2O3. The van der Waals surface area contributed by atoms with E-state index in [4.69, 9.17) is 5.11 Å². The van der Waals surface area contributed by atoms with Gasteiger partial charge in [-0.1, -0.05) is 13.8 Å². The maximum atomic E-state index is 12.3. The number of rotatable bonds is 3. The molecule has 20 heavy (non-hydrogen) atoms. The molecule has 1 fully saturated rings. The number of nitrogens with zero attached hydrogens (tertiary/aromatic N) is 2. The first-order valence-electron chi connectivity index (χ1n) is 6.97. The normalized spacial score (nSPS) is 19.1. The molecule has 1 saturated heterocycles. The van der Waals surface area contributed by atoms with E-state index in [0.717, 1.165) is 12.1 Å². The molecule has 0 aromatic carbocycles. The Hall–Kier alpha value is -1.91. The van der Waals surface area contributed by atoms with Crippen LogP contribution in [0.25, 0.3) is 0 Å². The fourth-order valence-electron chi connectivity index (χ4n) is 2.42. The second kappa shape index (κ2) is 6.03. The molecule has 0 bridgehead atoms. The maximum Gasteiger partial charge on any atom is 0.308 e. The number of amides is 1. The molecule has 2 rings (SSSR count). The van der Waals surface area contributed by atoms with Crippen molar-refractivity contribution in [1.29, 1.82) is 0 Å². The quantitative estimate of drug-likeness (QED) is 0.918. The monoisotopic (exact) mass is 276 g/mol. The predicted molar refractivity (Wildman–Crippen MR) is 74.6 cm³/mol. The van der Waals surface area contributed by atoms with Crippen LogP contribution < -0.4 is 0 Å². The number of piperidine rings is 1. The molecule has 0 spiro atoms. The van der Waals surface area contributed by atoms with Crippen molar-refractivity contribution in [1.82, 2.24) is 9.88 Å². The first kappa shape index (κ1) is 14.5. The molecule has 0 radical (unpaired) electrons. The zero-order valence-electron chi connectivity index (χ0n) is 11.9. The van der Waals surface area contributed by atoms with E-state index in [0.29, 0.717) is 31.0 Å². The standard InChI is InChI=1S/C15H20N2O3/c1-10(2)13-6-5-11(8-16-13)14(18)17-7-3-4-12(9-17)15(19)20/h5-6,8,10,12H,3-4,7,9H2,1-2H3,(H,19,20)/t12-/m1/s1. The minimum Gasteiger partial charge on any atom is -0.481 e. The van der Waals surface area contributed by atoms with Crippen molar-refractivity contribution in [3.8, 4) is 0 Å². The lowest BCUT2D eigenvalue weighted by molar-refractivity contribution is -0.143. The van der Waals surface area contributed by atoms with Crippen LogP contribution in [-0.4, -0.2) is 40.0 Å². The zero-order valence-corrected chi connectivity index (χ0v) is 11.9. The summed E-state index contributed by atoms with van der Waals surface area (Å²) in [7, 11) is 0. The smallest absolute Gasteiger partial charge is 0.308 e. The van der Waals surface area contributed by atoms with Gasteiger partial charge in [-0.2, -0.15) is 0 Å². The molecule has 1 aromatic rings. The van der Waals surface area contributed by atoms with Gasteiger partial charge >= 0.3 is 5.97 Å². The molecule has 0 aliphatic carbocycles. The Labute approximate surface area is 118 Å². The van der Waals surface area contributed by atoms with Crippen molar-refractivity contribution >= 4 is 11.9 Å². The van der Waals surface area contributed by atoms with Gasteiger partial charge in [0.15, 0.2) is 0 Å². The van der Waals surface area contributed by atoms with Crippen LogP contribution in [0.4, 0.5) is 0 Å². The molecule has 2 heterocycles. The molecule has 1 N–H and O–H groups in total. The summed E-state index contributed by atoms with van der Waals surface area (Å²) in [6, 6.07) is 3.63. The van der Waals surface area contributed by atoms with E-state index < -0.39 is 11.9 Å². The molecule has 1 amide bonds. The number of carboxylic acids is 1. The Kier molecular flexibility index (Phi) is 4.37. The summed E-state index contributed by atoms with van der Waals surface area (Å²) >= 11 is 0. The Morgan fingerprint density at radius 2 is 2.15 bits per heavy atom. The third-order valence-corrected chi connectivity index (χ3v) is 3.68. The van der Waals surface area contributed by atoms with E-state index in [-0.39, 0.29) is 5.91 Å². The highest BCUT2D eigenvalue weighted by atomic mass is 16.4. The van der Waals surface area contributed by atoms with Gasteiger partial charge in [-0.15, -0.1) is 0 Å². The molecule has 1 aromatic heterocycles. The van der Waals surface area contributed by atoms with Crippen molar-refractivity contribution in [3.63, 3.8) is 0 Å². The number of aromatic nitrogens is 1. The molecule has 108 valence electrons. The van der Waals surface area contributed by atoms with Gasteiger partial charge in [-0.05, 0) is 30.9 Å². The lowest BCUT2D eigenvalue weighted by Crippen LogP contribution is -2.42. The van der Waals surface area contributed by atoms with Crippen LogP contribution in [0.5, 0.6) is 0 Å². The number of likely N-dealkylation sites (tertiary alicyclic amines) is 1. The number of aliphatic carboxylic acids is 1. The molecule has 5 nitrogen and oxygen atoms in total. The molecule has 0 unspecified atom stereocenters. The van der Waals surface area contributed by atoms with Gasteiger partial charge in [-0.25, -0.2) is 0 Å². The van der Waals surface area contributed by atoms with Gasteiger partial charge in [0.05, 0.1) is 11.5 Å². The van der Waals surface area contributed by atoms with Crippen LogP contribution in [0.3, 0.4) is 0 Å². The summed E-state index contributed by atoms with van der Waals surface area (Å²) in [5.41, 5.74) is 1.48. The highest BCUT2D eigenvalue weighted by Gasteiger charge is 2.28. The van der Waals surface area contributed by atoms with Gasteiger partial charge in [0.1, 0.15) is 0 Å². The summed E-state index contributed by atoms with van der Waals surface area (Å²) in [6.07, 6.45) is 2.96. The fourth-order valence-corrected chi connectivity index (χ4v) is 2.42. The van der Waals surface area contributed by atoms with Crippen molar-refractivity contribution in [3.05, 3.63) is 29.6 Å². The summed E-state index contributed by atoms with van der Waals surface area (Å²) in [4.78, 5) is 29.3. The topological polar surface area (TPSA) is 70.5 Å². The van der Waals surface area contributed by atoms with E-state index in [2.05, 4.69) is 4.98 Å². The Morgan fingerprint density at radius 3 is 2.70 bits per heavy atom. The summed E-state index contributed by atoms with van der Waals surface area (Å²) in [6.45, 7) is 5.01. The molecule has 1 aliphatic heterocycles. The Morgan fingerprint density at radius 1 is 1.40 bits per heavy atom. The maximum absolute atomic E-state index is 12.3. The molecular weight excluding hydrogens is 256 g/mol. The fraction of sp³-hybridized carbons (Fsp3) is 0.533. The van der Waals surface area contributed by atoms with Crippen molar-refractivity contribution in [2.24, 2.45) is 5.92 Å². The van der Waals surface area contributed by atoms with Gasteiger partial charge in [0, 0.05) is 25.0 Å². The highest BCUT2D eigenvalue weighted by molar-refractivity contribution is 5.94. The number of carbonyl (C=O) groups is 2. The van der Waals surface area contributed by atoms with Gasteiger partial charge in [0.2, 0.25) is 0 Å². The van der Waals surface area contributed by atoms with Crippen LogP contribution in [0.2, 0.25) is 0 Å². The van der Waals surface area contributed by atoms with E-state index >= 15 is 0 Å². The lowest BCUT2D eigenvalue weighted by atomic mass is 9.97. The van der Waals surface area contributed by atoms with E-state index in [9.17, 15) is 9.59 Å². The van der Waals surface area contributed by atoms with Gasteiger partial charge in [0.25, 0.3) is 5.91 Å². The number of hydrogen-bond donors (Lipinski definition) is 1.